The Morgan fingerprint density at radius 2 is 2.00 bits per heavy atom. The smallest absolute Gasteiger partial charge is 0.223 e. The van der Waals surface area contributed by atoms with E-state index in [0.717, 1.165) is 6.42 Å². The summed E-state index contributed by atoms with van der Waals surface area (Å²) in [7, 11) is -3.18. The molecule has 1 N–H and O–H groups in total. The molecule has 0 saturated carbocycles. The van der Waals surface area contributed by atoms with Gasteiger partial charge in [0.2, 0.25) is 15.9 Å². The van der Waals surface area contributed by atoms with Gasteiger partial charge >= 0.3 is 0 Å². The van der Waals surface area contributed by atoms with Crippen LogP contribution in [0.1, 0.15) is 38.2 Å². The van der Waals surface area contributed by atoms with Gasteiger partial charge < -0.3 is 5.32 Å². The molecule has 0 radical (unpaired) electrons. The van der Waals surface area contributed by atoms with Crippen LogP contribution in [0.2, 0.25) is 0 Å². The molecule has 0 aromatic heterocycles. The fourth-order valence-electron chi connectivity index (χ4n) is 3.04. The van der Waals surface area contributed by atoms with Crippen molar-refractivity contribution in [2.45, 2.75) is 38.4 Å². The molecule has 5 nitrogen and oxygen atoms in total. The monoisotopic (exact) mass is 416 g/mol. The van der Waals surface area contributed by atoms with E-state index in [1.807, 2.05) is 13.0 Å². The van der Waals surface area contributed by atoms with E-state index in [1.165, 1.54) is 10.4 Å². The summed E-state index contributed by atoms with van der Waals surface area (Å²) < 4.78 is 39.5. The third-order valence-electron chi connectivity index (χ3n) is 4.73. The topological polar surface area (TPSA) is 66.5 Å². The fourth-order valence-corrected chi connectivity index (χ4v) is 5.56. The molecule has 1 aliphatic rings. The first kappa shape index (κ1) is 22.2. The third-order valence-corrected chi connectivity index (χ3v) is 7.70. The largest absolute Gasteiger partial charge is 0.355 e. The summed E-state index contributed by atoms with van der Waals surface area (Å²) in [5.74, 6) is 1.15. The summed E-state index contributed by atoms with van der Waals surface area (Å²) in [4.78, 5) is 12.3. The van der Waals surface area contributed by atoms with Crippen LogP contribution in [0.15, 0.2) is 24.3 Å². The number of rotatable bonds is 10. The van der Waals surface area contributed by atoms with Crippen molar-refractivity contribution in [2.24, 2.45) is 5.92 Å². The second kappa shape index (κ2) is 11.0. The van der Waals surface area contributed by atoms with Crippen LogP contribution in [-0.4, -0.2) is 49.8 Å². The predicted octanol–water partition coefficient (Wildman–Crippen LogP) is 3.02. The average Bonchev–Trinajstić information content (AvgIpc) is 2.67. The van der Waals surface area contributed by atoms with Crippen LogP contribution in [0.5, 0.6) is 0 Å². The van der Waals surface area contributed by atoms with Crippen molar-refractivity contribution in [3.05, 3.63) is 35.6 Å². The quantitative estimate of drug-likeness (QED) is 0.596. The molecule has 0 unspecified atom stereocenters. The summed E-state index contributed by atoms with van der Waals surface area (Å²) in [5, 5.41) is 2.92. The van der Waals surface area contributed by atoms with E-state index in [2.05, 4.69) is 5.32 Å². The molecule has 1 heterocycles. The zero-order valence-corrected chi connectivity index (χ0v) is 17.5. The number of hydrogen-bond donors (Lipinski definition) is 1. The van der Waals surface area contributed by atoms with Gasteiger partial charge in [-0.25, -0.2) is 17.1 Å². The Hall–Kier alpha value is -1.12. The van der Waals surface area contributed by atoms with Gasteiger partial charge in [0.25, 0.3) is 0 Å². The molecule has 0 bridgehead atoms. The van der Waals surface area contributed by atoms with Crippen LogP contribution < -0.4 is 5.32 Å². The van der Waals surface area contributed by atoms with Gasteiger partial charge in [0, 0.05) is 37.1 Å². The van der Waals surface area contributed by atoms with E-state index in [4.69, 9.17) is 0 Å². The Morgan fingerprint density at radius 1 is 1.30 bits per heavy atom. The zero-order valence-electron chi connectivity index (χ0n) is 15.8. The van der Waals surface area contributed by atoms with E-state index in [9.17, 15) is 17.6 Å². The maximum Gasteiger partial charge on any atom is 0.223 e. The normalized spacial score (nSPS) is 16.4. The molecule has 1 aliphatic heterocycles. The maximum atomic E-state index is 13.5. The van der Waals surface area contributed by atoms with Crippen molar-refractivity contribution in [3.63, 3.8) is 0 Å². The van der Waals surface area contributed by atoms with Gasteiger partial charge in [0.05, 0.1) is 5.75 Å². The van der Waals surface area contributed by atoms with Crippen LogP contribution in [0, 0.1) is 11.7 Å². The van der Waals surface area contributed by atoms with E-state index in [-0.39, 0.29) is 23.4 Å². The first-order valence-electron chi connectivity index (χ1n) is 9.50. The van der Waals surface area contributed by atoms with Crippen molar-refractivity contribution < 1.29 is 17.6 Å². The lowest BCUT2D eigenvalue weighted by atomic mass is 9.97. The van der Waals surface area contributed by atoms with Gasteiger partial charge in [0.1, 0.15) is 5.82 Å². The SMILES string of the molecule is CCCCS(=O)(=O)N1CCC(C(=O)NCCSCc2ccccc2F)CC1. The molecule has 0 spiro atoms. The van der Waals surface area contributed by atoms with E-state index < -0.39 is 10.0 Å². The lowest BCUT2D eigenvalue weighted by Gasteiger charge is -2.30. The van der Waals surface area contributed by atoms with Crippen molar-refractivity contribution >= 4 is 27.7 Å². The molecular weight excluding hydrogens is 387 g/mol. The minimum atomic E-state index is -3.18. The second-order valence-electron chi connectivity index (χ2n) is 6.78. The van der Waals surface area contributed by atoms with Crippen molar-refractivity contribution in [1.82, 2.24) is 9.62 Å². The number of thioether (sulfide) groups is 1. The van der Waals surface area contributed by atoms with E-state index in [0.29, 0.717) is 56.0 Å². The van der Waals surface area contributed by atoms with Gasteiger partial charge in [-0.2, -0.15) is 11.8 Å². The molecule has 1 fully saturated rings. The minimum absolute atomic E-state index is 0.00732. The van der Waals surface area contributed by atoms with E-state index >= 15 is 0 Å². The molecule has 27 heavy (non-hydrogen) atoms. The van der Waals surface area contributed by atoms with Crippen LogP contribution in [-0.2, 0) is 20.6 Å². The molecule has 0 aliphatic carbocycles. The summed E-state index contributed by atoms with van der Waals surface area (Å²) in [6.07, 6.45) is 2.67. The number of benzene rings is 1. The molecule has 0 atom stereocenters. The van der Waals surface area contributed by atoms with Gasteiger partial charge in [-0.15, -0.1) is 0 Å². The lowest BCUT2D eigenvalue weighted by molar-refractivity contribution is -0.125. The first-order valence-corrected chi connectivity index (χ1v) is 12.3. The van der Waals surface area contributed by atoms with Gasteiger partial charge in [-0.3, -0.25) is 4.79 Å². The summed E-state index contributed by atoms with van der Waals surface area (Å²) in [6.45, 7) is 3.35. The number of nitrogens with zero attached hydrogens (tertiary/aromatic N) is 1. The summed E-state index contributed by atoms with van der Waals surface area (Å²) in [5.41, 5.74) is 0.672. The van der Waals surface area contributed by atoms with Crippen LogP contribution in [0.4, 0.5) is 4.39 Å². The summed E-state index contributed by atoms with van der Waals surface area (Å²) in [6, 6.07) is 6.70. The number of carbonyl (C=O) groups is 1. The number of piperidine rings is 1. The molecule has 2 rings (SSSR count). The van der Waals surface area contributed by atoms with Crippen LogP contribution in [0.25, 0.3) is 0 Å². The standard InChI is InChI=1S/C19H29FN2O3S2/c1-2-3-14-27(24,25)22-11-8-16(9-12-22)19(23)21-10-13-26-15-17-6-4-5-7-18(17)20/h4-7,16H,2-3,8-15H2,1H3,(H,21,23). The highest BCUT2D eigenvalue weighted by Crippen LogP contribution is 2.21. The van der Waals surface area contributed by atoms with Gasteiger partial charge in [-0.05, 0) is 30.9 Å². The number of nitrogens with one attached hydrogen (secondary N) is 1. The van der Waals surface area contributed by atoms with E-state index in [1.54, 1.807) is 23.9 Å². The fraction of sp³-hybridized carbons (Fsp3) is 0.632. The van der Waals surface area contributed by atoms with Gasteiger partial charge in [-0.1, -0.05) is 31.5 Å². The number of halogens is 1. The van der Waals surface area contributed by atoms with Crippen LogP contribution in [0.3, 0.4) is 0 Å². The molecule has 1 aromatic rings. The number of unbranched alkanes of at least 4 members (excludes halogenated alkanes) is 1. The molecule has 1 amide bonds. The highest BCUT2D eigenvalue weighted by atomic mass is 32.2. The molecular formula is C19H29FN2O3S2. The molecule has 1 aromatic carbocycles. The third kappa shape index (κ3) is 7.08. The van der Waals surface area contributed by atoms with Crippen LogP contribution >= 0.6 is 11.8 Å². The minimum Gasteiger partial charge on any atom is -0.355 e. The lowest BCUT2D eigenvalue weighted by Crippen LogP contribution is -2.44. The maximum absolute atomic E-state index is 13.5. The Morgan fingerprint density at radius 3 is 2.67 bits per heavy atom. The first-order chi connectivity index (χ1) is 12.9. The number of amides is 1. The average molecular weight is 417 g/mol. The zero-order chi connectivity index (χ0) is 19.7. The predicted molar refractivity (Wildman–Crippen MR) is 109 cm³/mol. The Bertz CT molecular complexity index is 705. The summed E-state index contributed by atoms with van der Waals surface area (Å²) >= 11 is 1.58. The highest BCUT2D eigenvalue weighted by Gasteiger charge is 2.30. The van der Waals surface area contributed by atoms with Crippen molar-refractivity contribution in [3.8, 4) is 0 Å². The van der Waals surface area contributed by atoms with Crippen molar-refractivity contribution in [2.75, 3.05) is 31.1 Å². The Kier molecular flexibility index (Phi) is 9.05. The number of sulfonamides is 1. The molecule has 152 valence electrons. The van der Waals surface area contributed by atoms with Gasteiger partial charge in [0.15, 0.2) is 0 Å². The number of carbonyl (C=O) groups excluding carboxylic acids is 1. The number of hydrogen-bond acceptors (Lipinski definition) is 4. The molecule has 8 heteroatoms. The Balaban J connectivity index is 1.64. The highest BCUT2D eigenvalue weighted by molar-refractivity contribution is 7.98. The second-order valence-corrected chi connectivity index (χ2v) is 9.97. The molecule has 1 saturated heterocycles. The van der Waals surface area contributed by atoms with Crippen molar-refractivity contribution in [1.29, 1.82) is 0 Å². The Labute approximate surface area is 166 Å².